The quantitative estimate of drug-likeness (QED) is 0.425. The van der Waals surface area contributed by atoms with Gasteiger partial charge in [-0.2, -0.15) is 0 Å². The number of carbonyl (C=O) groups excluding carboxylic acids is 1. The summed E-state index contributed by atoms with van der Waals surface area (Å²) in [5.74, 6) is -0.239. The zero-order valence-electron chi connectivity index (χ0n) is 5.08. The van der Waals surface area contributed by atoms with Crippen LogP contribution < -0.4 is 5.73 Å². The van der Waals surface area contributed by atoms with E-state index in [0.717, 1.165) is 0 Å². The van der Waals surface area contributed by atoms with Crippen LogP contribution in [0.15, 0.2) is 0 Å². The van der Waals surface area contributed by atoms with Gasteiger partial charge in [0.25, 0.3) is 0 Å². The van der Waals surface area contributed by atoms with Gasteiger partial charge in [0.05, 0.1) is 19.3 Å². The van der Waals surface area contributed by atoms with Crippen LogP contribution in [-0.2, 0) is 4.79 Å². The van der Waals surface area contributed by atoms with Gasteiger partial charge < -0.3 is 15.9 Å². The van der Waals surface area contributed by atoms with Crippen molar-refractivity contribution < 1.29 is 15.0 Å². The first-order valence-corrected chi connectivity index (χ1v) is 2.71. The summed E-state index contributed by atoms with van der Waals surface area (Å²) in [6.07, 6.45) is -0.992. The monoisotopic (exact) mass is 133 g/mol. The lowest BCUT2D eigenvalue weighted by atomic mass is 10.2. The highest BCUT2D eigenvalue weighted by Gasteiger charge is 2.06. The summed E-state index contributed by atoms with van der Waals surface area (Å²) in [6.45, 7) is -0.456. The van der Waals surface area contributed by atoms with E-state index in [9.17, 15) is 4.79 Å². The van der Waals surface area contributed by atoms with Crippen LogP contribution in [0.3, 0.4) is 0 Å². The first kappa shape index (κ1) is 8.55. The topological polar surface area (TPSA) is 83.6 Å². The standard InChI is InChI=1S/C5H11NO3/c6-2-4(8)1-5(9)3-7/h5,7,9H,1-3,6H2. The molecule has 0 radical (unpaired) electrons. The molecule has 0 aliphatic heterocycles. The molecule has 4 N–H and O–H groups in total. The molecule has 0 aromatic heterocycles. The van der Waals surface area contributed by atoms with Crippen LogP contribution in [0, 0.1) is 0 Å². The molecule has 0 saturated carbocycles. The van der Waals surface area contributed by atoms with Crippen molar-refractivity contribution in [3.05, 3.63) is 0 Å². The first-order valence-electron chi connectivity index (χ1n) is 2.71. The van der Waals surface area contributed by atoms with Crippen LogP contribution in [0.5, 0.6) is 0 Å². The van der Waals surface area contributed by atoms with E-state index < -0.39 is 6.10 Å². The van der Waals surface area contributed by atoms with E-state index in [1.165, 1.54) is 0 Å². The second kappa shape index (κ2) is 4.43. The number of rotatable bonds is 4. The third kappa shape index (κ3) is 4.08. The fourth-order valence-electron chi connectivity index (χ4n) is 0.411. The van der Waals surface area contributed by atoms with E-state index in [-0.39, 0.29) is 25.4 Å². The minimum absolute atomic E-state index is 0.0486. The van der Waals surface area contributed by atoms with E-state index in [0.29, 0.717) is 0 Å². The molecule has 0 fully saturated rings. The van der Waals surface area contributed by atoms with E-state index in [1.807, 2.05) is 0 Å². The van der Waals surface area contributed by atoms with Gasteiger partial charge in [-0.1, -0.05) is 0 Å². The van der Waals surface area contributed by atoms with Crippen molar-refractivity contribution in [3.8, 4) is 0 Å². The zero-order chi connectivity index (χ0) is 7.28. The van der Waals surface area contributed by atoms with Gasteiger partial charge in [0.2, 0.25) is 0 Å². The number of hydrogen-bond donors (Lipinski definition) is 3. The van der Waals surface area contributed by atoms with Crippen molar-refractivity contribution >= 4 is 5.78 Å². The van der Waals surface area contributed by atoms with Crippen molar-refractivity contribution in [1.29, 1.82) is 0 Å². The summed E-state index contributed by atoms with van der Waals surface area (Å²) in [7, 11) is 0. The number of Topliss-reactive ketones (excluding diaryl/α,β-unsaturated/α-hetero) is 1. The molecule has 0 saturated heterocycles. The van der Waals surface area contributed by atoms with Crippen LogP contribution in [0.1, 0.15) is 6.42 Å². The van der Waals surface area contributed by atoms with Crippen molar-refractivity contribution in [3.63, 3.8) is 0 Å². The molecule has 54 valence electrons. The fourth-order valence-corrected chi connectivity index (χ4v) is 0.411. The summed E-state index contributed by atoms with van der Waals surface area (Å²) in [4.78, 5) is 10.4. The average molecular weight is 133 g/mol. The van der Waals surface area contributed by atoms with E-state index in [4.69, 9.17) is 15.9 Å². The largest absolute Gasteiger partial charge is 0.394 e. The molecular weight excluding hydrogens is 122 g/mol. The molecular formula is C5H11NO3. The van der Waals surface area contributed by atoms with E-state index >= 15 is 0 Å². The number of hydrogen-bond acceptors (Lipinski definition) is 4. The second-order valence-electron chi connectivity index (χ2n) is 1.78. The second-order valence-corrected chi connectivity index (χ2v) is 1.78. The van der Waals surface area contributed by atoms with Crippen LogP contribution in [0.4, 0.5) is 0 Å². The van der Waals surface area contributed by atoms with Crippen LogP contribution >= 0.6 is 0 Å². The lowest BCUT2D eigenvalue weighted by Crippen LogP contribution is -2.22. The molecule has 1 unspecified atom stereocenters. The minimum Gasteiger partial charge on any atom is -0.394 e. The molecule has 0 spiro atoms. The number of aliphatic hydroxyl groups is 2. The zero-order valence-corrected chi connectivity index (χ0v) is 5.08. The Labute approximate surface area is 53.3 Å². The lowest BCUT2D eigenvalue weighted by Gasteiger charge is -2.02. The Bertz CT molecular complexity index is 94.2. The van der Waals surface area contributed by atoms with Gasteiger partial charge in [0, 0.05) is 6.42 Å². The first-order chi connectivity index (χ1) is 4.20. The molecule has 0 aromatic rings. The molecule has 1 atom stereocenters. The van der Waals surface area contributed by atoms with Gasteiger partial charge in [0.15, 0.2) is 0 Å². The third-order valence-corrected chi connectivity index (χ3v) is 0.902. The van der Waals surface area contributed by atoms with E-state index in [1.54, 1.807) is 0 Å². The molecule has 4 nitrogen and oxygen atoms in total. The Kier molecular flexibility index (Phi) is 4.21. The van der Waals surface area contributed by atoms with Crippen molar-refractivity contribution in [2.45, 2.75) is 12.5 Å². The molecule has 0 amide bonds. The highest BCUT2D eigenvalue weighted by Crippen LogP contribution is 1.89. The average Bonchev–Trinajstić information content (AvgIpc) is 1.87. The van der Waals surface area contributed by atoms with Gasteiger partial charge in [-0.25, -0.2) is 0 Å². The smallest absolute Gasteiger partial charge is 0.149 e. The molecule has 0 rings (SSSR count). The Hall–Kier alpha value is -0.450. The van der Waals surface area contributed by atoms with Gasteiger partial charge in [-0.05, 0) is 0 Å². The Balaban J connectivity index is 3.34. The number of carbonyl (C=O) groups is 1. The van der Waals surface area contributed by atoms with Crippen LogP contribution in [0.25, 0.3) is 0 Å². The van der Waals surface area contributed by atoms with Crippen molar-refractivity contribution in [1.82, 2.24) is 0 Å². The molecule has 0 heterocycles. The normalized spacial score (nSPS) is 13.2. The van der Waals surface area contributed by atoms with E-state index in [2.05, 4.69) is 0 Å². The maximum atomic E-state index is 10.4. The SMILES string of the molecule is NCC(=O)CC(O)CO. The predicted molar refractivity (Wildman–Crippen MR) is 31.8 cm³/mol. The molecule has 0 aromatic carbocycles. The number of ketones is 1. The summed E-state index contributed by atoms with van der Waals surface area (Å²) >= 11 is 0. The summed E-state index contributed by atoms with van der Waals surface area (Å²) in [6, 6.07) is 0. The Morgan fingerprint density at radius 2 is 2.22 bits per heavy atom. The highest BCUT2D eigenvalue weighted by atomic mass is 16.3. The molecule has 0 aliphatic rings. The predicted octanol–water partition coefficient (Wildman–Crippen LogP) is -1.74. The third-order valence-electron chi connectivity index (χ3n) is 0.902. The Morgan fingerprint density at radius 1 is 1.67 bits per heavy atom. The summed E-state index contributed by atoms with van der Waals surface area (Å²) < 4.78 is 0. The molecule has 4 heteroatoms. The van der Waals surface area contributed by atoms with Crippen LogP contribution in [-0.4, -0.2) is 35.3 Å². The van der Waals surface area contributed by atoms with Gasteiger partial charge in [-0.3, -0.25) is 4.79 Å². The summed E-state index contributed by atoms with van der Waals surface area (Å²) in [5.41, 5.74) is 4.93. The van der Waals surface area contributed by atoms with Crippen molar-refractivity contribution in [2.75, 3.05) is 13.2 Å². The summed E-state index contributed by atoms with van der Waals surface area (Å²) in [5, 5.41) is 16.9. The number of nitrogens with two attached hydrogens (primary N) is 1. The van der Waals surface area contributed by atoms with Crippen LogP contribution in [0.2, 0.25) is 0 Å². The fraction of sp³-hybridized carbons (Fsp3) is 0.800. The van der Waals surface area contributed by atoms with Gasteiger partial charge in [-0.15, -0.1) is 0 Å². The number of aliphatic hydroxyl groups excluding tert-OH is 2. The molecule has 0 aliphatic carbocycles. The Morgan fingerprint density at radius 3 is 2.56 bits per heavy atom. The molecule has 9 heavy (non-hydrogen) atoms. The van der Waals surface area contributed by atoms with Gasteiger partial charge in [0.1, 0.15) is 5.78 Å². The molecule has 0 bridgehead atoms. The maximum absolute atomic E-state index is 10.4. The lowest BCUT2D eigenvalue weighted by molar-refractivity contribution is -0.120. The van der Waals surface area contributed by atoms with Crippen molar-refractivity contribution in [2.24, 2.45) is 5.73 Å². The minimum atomic E-state index is -0.943. The van der Waals surface area contributed by atoms with Gasteiger partial charge >= 0.3 is 0 Å². The highest BCUT2D eigenvalue weighted by molar-refractivity contribution is 5.80. The maximum Gasteiger partial charge on any atom is 0.149 e.